The lowest BCUT2D eigenvalue weighted by molar-refractivity contribution is 0.0337. The lowest BCUT2D eigenvalue weighted by Crippen LogP contribution is -2.20. The van der Waals surface area contributed by atoms with Crippen LogP contribution in [0.1, 0.15) is 35.4 Å². The highest BCUT2D eigenvalue weighted by molar-refractivity contribution is 7.80. The largest absolute Gasteiger partial charge is 0.507 e. The van der Waals surface area contributed by atoms with Gasteiger partial charge >= 0.3 is 0 Å². The third kappa shape index (κ3) is 3.21. The molecule has 0 bridgehead atoms. The van der Waals surface area contributed by atoms with Crippen LogP contribution in [0.25, 0.3) is 0 Å². The van der Waals surface area contributed by atoms with E-state index < -0.39 is 12.2 Å². The Bertz CT molecular complexity index is 405. The zero-order chi connectivity index (χ0) is 13.0. The maximum atomic E-state index is 11.5. The average molecular weight is 256 g/mol. The van der Waals surface area contributed by atoms with E-state index in [1.807, 2.05) is 0 Å². The van der Waals surface area contributed by atoms with Gasteiger partial charge in [-0.2, -0.15) is 12.6 Å². The highest BCUT2D eigenvalue weighted by Gasteiger charge is 2.19. The van der Waals surface area contributed by atoms with E-state index in [-0.39, 0.29) is 29.3 Å². The van der Waals surface area contributed by atoms with Crippen molar-refractivity contribution in [1.82, 2.24) is 0 Å². The Hall–Kier alpha value is -1.04. The SMILES string of the molecule is CCC(=O)c1cc(C(O)C(O)CS)ccc1O. The first-order valence-electron chi connectivity index (χ1n) is 5.34. The summed E-state index contributed by atoms with van der Waals surface area (Å²) in [7, 11) is 0. The molecule has 3 N–H and O–H groups in total. The second-order valence-corrected chi connectivity index (χ2v) is 4.11. The Balaban J connectivity index is 3.08. The fraction of sp³-hybridized carbons (Fsp3) is 0.417. The van der Waals surface area contributed by atoms with Gasteiger partial charge in [0.2, 0.25) is 0 Å². The number of rotatable bonds is 5. The van der Waals surface area contributed by atoms with Crippen LogP contribution in [-0.4, -0.2) is 33.0 Å². The molecule has 0 amide bonds. The second-order valence-electron chi connectivity index (χ2n) is 3.75. The zero-order valence-electron chi connectivity index (χ0n) is 9.50. The van der Waals surface area contributed by atoms with Crippen molar-refractivity contribution < 1.29 is 20.1 Å². The normalized spacial score (nSPS) is 14.4. The van der Waals surface area contributed by atoms with Crippen LogP contribution in [0.3, 0.4) is 0 Å². The number of ketones is 1. The molecule has 0 saturated carbocycles. The van der Waals surface area contributed by atoms with Crippen LogP contribution in [0.5, 0.6) is 5.75 Å². The van der Waals surface area contributed by atoms with E-state index in [0.717, 1.165) is 0 Å². The smallest absolute Gasteiger partial charge is 0.166 e. The van der Waals surface area contributed by atoms with Crippen molar-refractivity contribution in [2.75, 3.05) is 5.75 Å². The molecule has 1 aromatic rings. The molecule has 0 aliphatic carbocycles. The molecule has 2 unspecified atom stereocenters. The molecule has 1 rings (SSSR count). The number of phenolic OH excluding ortho intramolecular Hbond substituents is 1. The predicted molar refractivity (Wildman–Crippen MR) is 67.5 cm³/mol. The van der Waals surface area contributed by atoms with Crippen molar-refractivity contribution in [3.8, 4) is 5.75 Å². The van der Waals surface area contributed by atoms with Gasteiger partial charge in [-0.3, -0.25) is 4.79 Å². The fourth-order valence-corrected chi connectivity index (χ4v) is 1.67. The average Bonchev–Trinajstić information content (AvgIpc) is 2.36. The van der Waals surface area contributed by atoms with E-state index in [2.05, 4.69) is 12.6 Å². The van der Waals surface area contributed by atoms with Crippen molar-refractivity contribution in [1.29, 1.82) is 0 Å². The van der Waals surface area contributed by atoms with E-state index in [4.69, 9.17) is 0 Å². The topological polar surface area (TPSA) is 77.8 Å². The van der Waals surface area contributed by atoms with Crippen molar-refractivity contribution in [3.63, 3.8) is 0 Å². The fourth-order valence-electron chi connectivity index (χ4n) is 1.47. The lowest BCUT2D eigenvalue weighted by Gasteiger charge is -2.17. The summed E-state index contributed by atoms with van der Waals surface area (Å²) in [6, 6.07) is 4.21. The van der Waals surface area contributed by atoms with Gasteiger partial charge in [-0.25, -0.2) is 0 Å². The van der Waals surface area contributed by atoms with Gasteiger partial charge < -0.3 is 15.3 Å². The van der Waals surface area contributed by atoms with E-state index in [0.29, 0.717) is 5.56 Å². The first-order valence-corrected chi connectivity index (χ1v) is 5.97. The molecular formula is C12H16O4S. The van der Waals surface area contributed by atoms with Crippen LogP contribution in [0, 0.1) is 0 Å². The van der Waals surface area contributed by atoms with E-state index in [1.54, 1.807) is 6.92 Å². The number of phenols is 1. The summed E-state index contributed by atoms with van der Waals surface area (Å²) < 4.78 is 0. The van der Waals surface area contributed by atoms with Crippen LogP contribution < -0.4 is 0 Å². The molecule has 1 aromatic carbocycles. The molecule has 4 nitrogen and oxygen atoms in total. The summed E-state index contributed by atoms with van der Waals surface area (Å²) in [6.45, 7) is 1.69. The quantitative estimate of drug-likeness (QED) is 0.473. The van der Waals surface area contributed by atoms with Gasteiger partial charge in [-0.1, -0.05) is 13.0 Å². The number of aromatic hydroxyl groups is 1. The van der Waals surface area contributed by atoms with Crippen LogP contribution in [0.4, 0.5) is 0 Å². The predicted octanol–water partition coefficient (Wildman–Crippen LogP) is 1.31. The standard InChI is InChI=1S/C12H16O4S/c1-2-9(13)8-5-7(3-4-10(8)14)12(16)11(15)6-17/h3-5,11-12,14-17H,2,6H2,1H3. The summed E-state index contributed by atoms with van der Waals surface area (Å²) in [5.74, 6) is -0.218. The maximum Gasteiger partial charge on any atom is 0.166 e. The summed E-state index contributed by atoms with van der Waals surface area (Å²) in [4.78, 5) is 11.5. The van der Waals surface area contributed by atoms with Crippen LogP contribution in [-0.2, 0) is 0 Å². The third-order valence-corrected chi connectivity index (χ3v) is 2.91. The van der Waals surface area contributed by atoms with Gasteiger partial charge in [0.05, 0.1) is 11.7 Å². The number of aliphatic hydroxyl groups excluding tert-OH is 2. The highest BCUT2D eigenvalue weighted by Crippen LogP contribution is 2.25. The van der Waals surface area contributed by atoms with Gasteiger partial charge in [0, 0.05) is 12.2 Å². The van der Waals surface area contributed by atoms with Crippen LogP contribution in [0.2, 0.25) is 0 Å². The lowest BCUT2D eigenvalue weighted by atomic mass is 9.99. The van der Waals surface area contributed by atoms with Gasteiger partial charge in [-0.15, -0.1) is 0 Å². The Morgan fingerprint density at radius 2 is 2.06 bits per heavy atom. The van der Waals surface area contributed by atoms with Crippen LogP contribution >= 0.6 is 12.6 Å². The minimum atomic E-state index is -1.11. The summed E-state index contributed by atoms with van der Waals surface area (Å²) in [5, 5.41) is 28.8. The molecule has 94 valence electrons. The molecule has 0 heterocycles. The Labute approximate surface area is 105 Å². The molecule has 0 fully saturated rings. The number of carbonyl (C=O) groups is 1. The summed E-state index contributed by atoms with van der Waals surface area (Å²) >= 11 is 3.88. The van der Waals surface area contributed by atoms with E-state index in [9.17, 15) is 20.1 Å². The van der Waals surface area contributed by atoms with E-state index in [1.165, 1.54) is 18.2 Å². The number of thiol groups is 1. The number of benzene rings is 1. The Morgan fingerprint density at radius 1 is 1.41 bits per heavy atom. The monoisotopic (exact) mass is 256 g/mol. The Morgan fingerprint density at radius 3 is 2.59 bits per heavy atom. The zero-order valence-corrected chi connectivity index (χ0v) is 10.4. The number of Topliss-reactive ketones (excluding diaryl/α,β-unsaturated/α-hetero) is 1. The van der Waals surface area contributed by atoms with Gasteiger partial charge in [0.1, 0.15) is 11.9 Å². The number of hydrogen-bond donors (Lipinski definition) is 4. The number of aliphatic hydroxyl groups is 2. The maximum absolute atomic E-state index is 11.5. The van der Waals surface area contributed by atoms with Crippen molar-refractivity contribution in [2.24, 2.45) is 0 Å². The van der Waals surface area contributed by atoms with Gasteiger partial charge in [0.25, 0.3) is 0 Å². The van der Waals surface area contributed by atoms with Crippen LogP contribution in [0.15, 0.2) is 18.2 Å². The van der Waals surface area contributed by atoms with Gasteiger partial charge in [0.15, 0.2) is 5.78 Å². The molecule has 0 radical (unpaired) electrons. The summed E-state index contributed by atoms with van der Waals surface area (Å²) in [6.07, 6.45) is -1.86. The molecule has 0 aliphatic rings. The molecule has 0 saturated heterocycles. The molecule has 0 spiro atoms. The molecular weight excluding hydrogens is 240 g/mol. The highest BCUT2D eigenvalue weighted by atomic mass is 32.1. The minimum absolute atomic E-state index is 0.110. The van der Waals surface area contributed by atoms with Crippen molar-refractivity contribution in [3.05, 3.63) is 29.3 Å². The van der Waals surface area contributed by atoms with Crippen molar-refractivity contribution >= 4 is 18.4 Å². The Kier molecular flexibility index (Phi) is 4.99. The second kappa shape index (κ2) is 6.05. The number of carbonyl (C=O) groups excluding carboxylic acids is 1. The first-order chi connectivity index (χ1) is 8.01. The van der Waals surface area contributed by atoms with Gasteiger partial charge in [-0.05, 0) is 17.7 Å². The van der Waals surface area contributed by atoms with Crippen molar-refractivity contribution in [2.45, 2.75) is 25.6 Å². The molecule has 0 aromatic heterocycles. The third-order valence-electron chi connectivity index (χ3n) is 2.54. The molecule has 2 atom stereocenters. The molecule has 5 heteroatoms. The summed E-state index contributed by atoms with van der Waals surface area (Å²) in [5.41, 5.74) is 0.552. The first kappa shape index (κ1) is 14.0. The molecule has 17 heavy (non-hydrogen) atoms. The van der Waals surface area contributed by atoms with E-state index >= 15 is 0 Å². The minimum Gasteiger partial charge on any atom is -0.507 e. The number of hydrogen-bond acceptors (Lipinski definition) is 5. The molecule has 0 aliphatic heterocycles.